The zero-order chi connectivity index (χ0) is 18.4. The maximum Gasteiger partial charge on any atom is 0.246 e. The molecule has 0 saturated carbocycles. The van der Waals surface area contributed by atoms with Crippen molar-refractivity contribution in [2.24, 2.45) is 5.16 Å². The minimum atomic E-state index is -0.712. The first-order valence-electron chi connectivity index (χ1n) is 8.58. The molecule has 0 aliphatic carbocycles. The fourth-order valence-electron chi connectivity index (χ4n) is 3.08. The van der Waals surface area contributed by atoms with Crippen molar-refractivity contribution in [1.82, 2.24) is 15.2 Å². The number of hydrogen-bond acceptors (Lipinski definition) is 5. The molecule has 26 heavy (non-hydrogen) atoms. The summed E-state index contributed by atoms with van der Waals surface area (Å²) in [4.78, 5) is 18.9. The molecule has 2 N–H and O–H groups in total. The predicted molar refractivity (Wildman–Crippen MR) is 108 cm³/mol. The zero-order valence-corrected chi connectivity index (χ0v) is 16.5. The first-order chi connectivity index (χ1) is 12.7. The molecule has 0 spiro atoms. The fourth-order valence-corrected chi connectivity index (χ4v) is 3.66. The summed E-state index contributed by atoms with van der Waals surface area (Å²) in [5, 5.41) is 16.4. The first-order valence-corrected chi connectivity index (χ1v) is 9.66. The molecule has 1 atom stereocenters. The predicted octanol–water partition coefficient (Wildman–Crippen LogP) is 2.65. The Morgan fingerprint density at radius 2 is 1.92 bits per heavy atom. The summed E-state index contributed by atoms with van der Waals surface area (Å²) in [6.07, 6.45) is 5.27. The third-order valence-corrected chi connectivity index (χ3v) is 5.53. The molecular weight excluding hydrogens is 443 g/mol. The van der Waals surface area contributed by atoms with Gasteiger partial charge in [-0.2, -0.15) is 0 Å². The molecule has 0 unspecified atom stereocenters. The second-order valence-electron chi connectivity index (χ2n) is 6.16. The van der Waals surface area contributed by atoms with Gasteiger partial charge in [0.15, 0.2) is 0 Å². The van der Waals surface area contributed by atoms with E-state index in [0.29, 0.717) is 17.8 Å². The highest BCUT2D eigenvalue weighted by atomic mass is 127. The van der Waals surface area contributed by atoms with Gasteiger partial charge in [-0.1, -0.05) is 23.4 Å². The molecule has 0 radical (unpaired) electrons. The van der Waals surface area contributed by atoms with Crippen LogP contribution < -0.4 is 5.32 Å². The Kier molecular flexibility index (Phi) is 6.56. The van der Waals surface area contributed by atoms with E-state index in [1.807, 2.05) is 29.2 Å². The highest BCUT2D eigenvalue weighted by Gasteiger charge is 2.31. The highest BCUT2D eigenvalue weighted by molar-refractivity contribution is 14.1. The normalized spacial score (nSPS) is 15.9. The van der Waals surface area contributed by atoms with Crippen molar-refractivity contribution in [1.29, 1.82) is 0 Å². The van der Waals surface area contributed by atoms with E-state index in [4.69, 9.17) is 0 Å². The molecule has 2 aromatic rings. The molecule has 1 aromatic carbocycles. The van der Waals surface area contributed by atoms with Gasteiger partial charge in [0.25, 0.3) is 0 Å². The Labute approximate surface area is 166 Å². The van der Waals surface area contributed by atoms with Crippen LogP contribution in [0.2, 0.25) is 0 Å². The Hall–Kier alpha value is -2.00. The third-order valence-electron chi connectivity index (χ3n) is 4.48. The molecule has 1 saturated heterocycles. The SMILES string of the molecule is O=C([C@H](NCc1ccccc1I)/C(=N/O)c1ccncc1)N1CCCC1. The van der Waals surface area contributed by atoms with Gasteiger partial charge in [0, 0.05) is 41.2 Å². The number of nitrogens with zero attached hydrogens (tertiary/aromatic N) is 3. The monoisotopic (exact) mass is 464 g/mol. The number of aromatic nitrogens is 1. The van der Waals surface area contributed by atoms with Crippen LogP contribution in [0, 0.1) is 3.57 Å². The number of pyridine rings is 1. The molecule has 1 aliphatic rings. The number of likely N-dealkylation sites (tertiary alicyclic amines) is 1. The molecule has 136 valence electrons. The maximum atomic E-state index is 13.1. The van der Waals surface area contributed by atoms with Crippen molar-refractivity contribution in [3.8, 4) is 0 Å². The van der Waals surface area contributed by atoms with E-state index in [-0.39, 0.29) is 5.91 Å². The number of benzene rings is 1. The number of carbonyl (C=O) groups is 1. The largest absolute Gasteiger partial charge is 0.411 e. The van der Waals surface area contributed by atoms with Gasteiger partial charge >= 0.3 is 0 Å². The van der Waals surface area contributed by atoms with Gasteiger partial charge in [-0.25, -0.2) is 0 Å². The Morgan fingerprint density at radius 1 is 1.23 bits per heavy atom. The van der Waals surface area contributed by atoms with E-state index < -0.39 is 6.04 Å². The van der Waals surface area contributed by atoms with Crippen molar-refractivity contribution in [3.63, 3.8) is 0 Å². The zero-order valence-electron chi connectivity index (χ0n) is 14.3. The van der Waals surface area contributed by atoms with Crippen LogP contribution in [0.3, 0.4) is 0 Å². The van der Waals surface area contributed by atoms with Crippen LogP contribution in [-0.4, -0.2) is 45.8 Å². The van der Waals surface area contributed by atoms with Crippen LogP contribution in [0.5, 0.6) is 0 Å². The molecule has 0 bridgehead atoms. The molecule has 2 heterocycles. The molecular formula is C19H21IN4O2. The number of carbonyl (C=O) groups excluding carboxylic acids is 1. The highest BCUT2D eigenvalue weighted by Crippen LogP contribution is 2.15. The number of amides is 1. The summed E-state index contributed by atoms with van der Waals surface area (Å²) in [7, 11) is 0. The van der Waals surface area contributed by atoms with Crippen LogP contribution in [0.4, 0.5) is 0 Å². The van der Waals surface area contributed by atoms with Gasteiger partial charge in [0.2, 0.25) is 5.91 Å². The number of halogens is 1. The van der Waals surface area contributed by atoms with Gasteiger partial charge in [-0.15, -0.1) is 0 Å². The van der Waals surface area contributed by atoms with Gasteiger partial charge in [0.1, 0.15) is 11.8 Å². The quantitative estimate of drug-likeness (QED) is 0.298. The lowest BCUT2D eigenvalue weighted by atomic mass is 10.0. The number of nitrogens with one attached hydrogen (secondary N) is 1. The first kappa shape index (κ1) is 18.8. The van der Waals surface area contributed by atoms with Crippen LogP contribution in [0.1, 0.15) is 24.0 Å². The Morgan fingerprint density at radius 3 is 2.58 bits per heavy atom. The van der Waals surface area contributed by atoms with E-state index in [2.05, 4.69) is 38.0 Å². The molecule has 1 amide bonds. The molecule has 1 aromatic heterocycles. The second kappa shape index (κ2) is 9.09. The van der Waals surface area contributed by atoms with Crippen LogP contribution in [0.25, 0.3) is 0 Å². The van der Waals surface area contributed by atoms with Gasteiger partial charge in [-0.3, -0.25) is 15.1 Å². The molecule has 3 rings (SSSR count). The van der Waals surface area contributed by atoms with Crippen molar-refractivity contribution in [3.05, 3.63) is 63.5 Å². The van der Waals surface area contributed by atoms with Crippen molar-refractivity contribution in [2.45, 2.75) is 25.4 Å². The lowest BCUT2D eigenvalue weighted by Crippen LogP contribution is -2.50. The average Bonchev–Trinajstić information content (AvgIpc) is 3.21. The van der Waals surface area contributed by atoms with Gasteiger partial charge in [0.05, 0.1) is 0 Å². The van der Waals surface area contributed by atoms with Crippen molar-refractivity contribution >= 4 is 34.2 Å². The molecule has 1 aliphatic heterocycles. The standard InChI is InChI=1S/C19H21IN4O2/c20-16-6-2-1-5-15(16)13-22-18(19(25)24-11-3-4-12-24)17(23-26)14-7-9-21-10-8-14/h1-2,5-10,18,22,26H,3-4,11-13H2/b23-17+/t18-/m1/s1. The lowest BCUT2D eigenvalue weighted by molar-refractivity contribution is -0.130. The lowest BCUT2D eigenvalue weighted by Gasteiger charge is -2.25. The molecule has 6 nitrogen and oxygen atoms in total. The van der Waals surface area contributed by atoms with Crippen LogP contribution in [-0.2, 0) is 11.3 Å². The minimum Gasteiger partial charge on any atom is -0.411 e. The van der Waals surface area contributed by atoms with Crippen molar-refractivity contribution < 1.29 is 10.0 Å². The number of rotatable bonds is 6. The Bertz CT molecular complexity index is 776. The van der Waals surface area contributed by atoms with E-state index in [1.54, 1.807) is 24.5 Å². The maximum absolute atomic E-state index is 13.1. The summed E-state index contributed by atoms with van der Waals surface area (Å²) in [5.41, 5.74) is 2.09. The fraction of sp³-hybridized carbons (Fsp3) is 0.316. The van der Waals surface area contributed by atoms with E-state index >= 15 is 0 Å². The topological polar surface area (TPSA) is 77.8 Å². The van der Waals surface area contributed by atoms with E-state index in [1.165, 1.54) is 0 Å². The summed E-state index contributed by atoms with van der Waals surface area (Å²) in [5.74, 6) is -0.0574. The summed E-state index contributed by atoms with van der Waals surface area (Å²) in [6, 6.07) is 10.8. The molecule has 7 heteroatoms. The Balaban J connectivity index is 1.86. The minimum absolute atomic E-state index is 0.0574. The number of hydrogen-bond donors (Lipinski definition) is 2. The van der Waals surface area contributed by atoms with Crippen LogP contribution >= 0.6 is 22.6 Å². The van der Waals surface area contributed by atoms with E-state index in [9.17, 15) is 10.0 Å². The van der Waals surface area contributed by atoms with Gasteiger partial charge in [-0.05, 0) is 59.2 Å². The van der Waals surface area contributed by atoms with Crippen LogP contribution in [0.15, 0.2) is 53.9 Å². The average molecular weight is 464 g/mol. The second-order valence-corrected chi connectivity index (χ2v) is 7.32. The third kappa shape index (κ3) is 4.39. The van der Waals surface area contributed by atoms with Gasteiger partial charge < -0.3 is 10.1 Å². The van der Waals surface area contributed by atoms with E-state index in [0.717, 1.165) is 35.1 Å². The van der Waals surface area contributed by atoms with Crippen molar-refractivity contribution in [2.75, 3.05) is 13.1 Å². The number of oxime groups is 1. The summed E-state index contributed by atoms with van der Waals surface area (Å²) >= 11 is 2.28. The smallest absolute Gasteiger partial charge is 0.246 e. The summed E-state index contributed by atoms with van der Waals surface area (Å²) in [6.45, 7) is 2.00. The molecule has 1 fully saturated rings. The summed E-state index contributed by atoms with van der Waals surface area (Å²) < 4.78 is 1.12.